The minimum atomic E-state index is -0.284. The lowest BCUT2D eigenvalue weighted by atomic mass is 10.0. The fraction of sp³-hybridized carbons (Fsp3) is 0.542. The molecule has 0 unspecified atom stereocenters. The summed E-state index contributed by atoms with van der Waals surface area (Å²) >= 11 is 5.08. The molecule has 14 nitrogen and oxygen atoms in total. The molecule has 2 N–H and O–H groups in total. The Labute approximate surface area is 402 Å². The molecule has 0 aliphatic carbocycles. The van der Waals surface area contributed by atoms with Crippen molar-refractivity contribution in [1.29, 1.82) is 10.5 Å². The lowest BCUT2D eigenvalue weighted by Crippen LogP contribution is -2.46. The summed E-state index contributed by atoms with van der Waals surface area (Å²) < 4.78 is 30.4. The van der Waals surface area contributed by atoms with Crippen LogP contribution < -0.4 is 5.32 Å². The van der Waals surface area contributed by atoms with E-state index in [0.29, 0.717) is 52.4 Å². The van der Waals surface area contributed by atoms with Crippen molar-refractivity contribution in [3.8, 4) is 34.7 Å². The number of nitrogens with zero attached hydrogens (tertiary/aromatic N) is 10. The van der Waals surface area contributed by atoms with E-state index in [1.807, 2.05) is 26.2 Å². The zero-order valence-corrected chi connectivity index (χ0v) is 41.6. The average Bonchev–Trinajstić information content (AvgIpc) is 4.03. The minimum Gasteiger partial charge on any atom is -0.397 e. The number of carbonyl (C=O) groups excluding carboxylic acids is 2. The van der Waals surface area contributed by atoms with E-state index in [1.165, 1.54) is 53.6 Å². The van der Waals surface area contributed by atoms with Gasteiger partial charge in [-0.25, -0.2) is 28.3 Å². The van der Waals surface area contributed by atoms with Gasteiger partial charge in [0.25, 0.3) is 0 Å². The monoisotopic (exact) mass is 958 g/mol. The van der Waals surface area contributed by atoms with Crippen molar-refractivity contribution in [3.63, 3.8) is 0 Å². The first-order valence-corrected chi connectivity index (χ1v) is 23.0. The number of aryl methyl sites for hydroxylation is 2. The number of piperidine rings is 2. The van der Waals surface area contributed by atoms with Gasteiger partial charge in [0.1, 0.15) is 24.3 Å². The molecule has 2 fully saturated rings. The number of nitrogens with one attached hydrogen (secondary N) is 1. The third-order valence-corrected chi connectivity index (χ3v) is 11.4. The number of hydrogen-bond acceptors (Lipinski definition) is 10. The molecular weight excluding hydrogens is 888 g/mol. The maximum absolute atomic E-state index is 13.8. The number of aliphatic hydroxyl groups is 1. The number of nitriles is 2. The maximum Gasteiger partial charge on any atom is 0.329 e. The van der Waals surface area contributed by atoms with Gasteiger partial charge in [0.05, 0.1) is 23.5 Å². The van der Waals surface area contributed by atoms with Crippen molar-refractivity contribution in [3.05, 3.63) is 84.2 Å². The molecule has 6 rings (SSSR count). The fourth-order valence-corrected chi connectivity index (χ4v) is 7.06. The summed E-state index contributed by atoms with van der Waals surface area (Å²) in [4.78, 5) is 42.0. The second kappa shape index (κ2) is 32.7. The van der Waals surface area contributed by atoms with E-state index in [9.17, 15) is 18.4 Å². The molecule has 0 radical (unpaired) electrons. The van der Waals surface area contributed by atoms with Crippen LogP contribution in [-0.2, 0) is 0 Å². The smallest absolute Gasteiger partial charge is 0.329 e. The van der Waals surface area contributed by atoms with Crippen LogP contribution in [0.25, 0.3) is 22.5 Å². The van der Waals surface area contributed by atoms with Gasteiger partial charge in [0.15, 0.2) is 0 Å². The van der Waals surface area contributed by atoms with Crippen LogP contribution in [-0.4, -0.2) is 147 Å². The number of amides is 2. The minimum absolute atomic E-state index is 0. The SMILES string of the molecule is CCN(CC)CC.CCO.Cc1ccc(-c2cn(C(=O)N(C)C3CCN(CCC#N)CC3)cn2)cc1F.Cc1ccc(-c2cn(C(=O)N(C)C3CCNCC3)cn2)cc1F.Cl.N#CCCCl. The summed E-state index contributed by atoms with van der Waals surface area (Å²) in [6, 6.07) is 14.1. The van der Waals surface area contributed by atoms with Gasteiger partial charge in [-0.2, -0.15) is 10.5 Å². The Hall–Kier alpha value is -4.94. The van der Waals surface area contributed by atoms with Crippen LogP contribution in [0.5, 0.6) is 0 Å². The number of rotatable bonds is 10. The molecule has 66 heavy (non-hydrogen) atoms. The Bertz CT molecular complexity index is 2080. The van der Waals surface area contributed by atoms with E-state index in [4.69, 9.17) is 27.2 Å². The Morgan fingerprint density at radius 3 is 1.52 bits per heavy atom. The largest absolute Gasteiger partial charge is 0.397 e. The van der Waals surface area contributed by atoms with Gasteiger partial charge in [0, 0.05) is 94.7 Å². The topological polar surface area (TPSA) is 163 Å². The lowest BCUT2D eigenvalue weighted by Gasteiger charge is -2.36. The third kappa shape index (κ3) is 19.5. The van der Waals surface area contributed by atoms with Crippen LogP contribution in [0.1, 0.15) is 77.3 Å². The molecular formula is C48H71Cl2F2N11O3. The number of imidazole rings is 2. The summed E-state index contributed by atoms with van der Waals surface area (Å²) in [6.07, 6.45) is 10.9. The number of alkyl halides is 1. The van der Waals surface area contributed by atoms with E-state index in [0.717, 1.165) is 58.4 Å². The molecule has 4 heterocycles. The van der Waals surface area contributed by atoms with Crippen molar-refractivity contribution in [2.45, 2.75) is 92.2 Å². The van der Waals surface area contributed by atoms with Gasteiger partial charge in [-0.05, 0) is 102 Å². The van der Waals surface area contributed by atoms with E-state index < -0.39 is 0 Å². The zero-order valence-electron chi connectivity index (χ0n) is 40.0. The molecule has 0 saturated carbocycles. The molecule has 2 amide bonds. The van der Waals surface area contributed by atoms with Crippen LogP contribution >= 0.6 is 24.0 Å². The van der Waals surface area contributed by atoms with Crippen molar-refractivity contribution in [2.75, 3.05) is 78.9 Å². The van der Waals surface area contributed by atoms with Crippen LogP contribution in [0.3, 0.4) is 0 Å². The number of benzene rings is 2. The molecule has 18 heteroatoms. The molecule has 2 aliphatic heterocycles. The van der Waals surface area contributed by atoms with Crippen molar-refractivity contribution in [2.24, 2.45) is 0 Å². The summed E-state index contributed by atoms with van der Waals surface area (Å²) in [5, 5.41) is 27.3. The van der Waals surface area contributed by atoms with Crippen molar-refractivity contribution >= 4 is 36.1 Å². The Balaban J connectivity index is 0.000000503. The second-order valence-electron chi connectivity index (χ2n) is 15.5. The summed E-state index contributed by atoms with van der Waals surface area (Å²) in [5.74, 6) is -0.0971. The maximum atomic E-state index is 13.8. The first-order chi connectivity index (χ1) is 31.2. The van der Waals surface area contributed by atoms with E-state index in [2.05, 4.69) is 51.9 Å². The van der Waals surface area contributed by atoms with Gasteiger partial charge >= 0.3 is 12.1 Å². The first-order valence-electron chi connectivity index (χ1n) is 22.4. The number of hydrogen-bond donors (Lipinski definition) is 2. The Morgan fingerprint density at radius 2 is 1.18 bits per heavy atom. The second-order valence-corrected chi connectivity index (χ2v) is 15.9. The predicted molar refractivity (Wildman–Crippen MR) is 262 cm³/mol. The van der Waals surface area contributed by atoms with Gasteiger partial charge in [-0.1, -0.05) is 45.0 Å². The molecule has 0 spiro atoms. The number of aliphatic hydroxyl groups excluding tert-OH is 1. The number of halogens is 4. The molecule has 0 atom stereocenters. The predicted octanol–water partition coefficient (Wildman–Crippen LogP) is 8.83. The molecule has 0 bridgehead atoms. The molecule has 4 aromatic rings. The Kier molecular flexibility index (Phi) is 29.3. The van der Waals surface area contributed by atoms with E-state index in [-0.39, 0.29) is 54.8 Å². The molecule has 2 saturated heterocycles. The van der Waals surface area contributed by atoms with Crippen molar-refractivity contribution < 1.29 is 23.5 Å². The highest BCUT2D eigenvalue weighted by Crippen LogP contribution is 2.23. The standard InChI is InChI=1S/C20H24FN5O.C17H21FN4O.C6H15N.C3H4ClN.C2H6O.ClH/c1-15-4-5-16(12-18(15)21)19-13-26(14-23-19)20(27)24(2)17-6-10-25(11-7-17)9-3-8-22;1-12-3-4-13(9-15(12)18)16-10-22(11-20-16)17(23)21(2)14-5-7-19-8-6-14;1-4-7(5-2)6-3;4-2-1-3-5;1-2-3;/h4-5,12-14,17H,3,6-7,9-11H2,1-2H3;3-4,9-11,14,19H,5-8H2,1-2H3;4-6H2,1-3H3;1-2H2;3H,2H2,1H3;1H. The molecule has 2 aromatic carbocycles. The van der Waals surface area contributed by atoms with E-state index in [1.54, 1.807) is 61.2 Å². The Morgan fingerprint density at radius 1 is 0.773 bits per heavy atom. The fourth-order valence-electron chi connectivity index (χ4n) is 6.98. The summed E-state index contributed by atoms with van der Waals surface area (Å²) in [6.45, 7) is 19.9. The molecule has 2 aliphatic rings. The highest BCUT2D eigenvalue weighted by Gasteiger charge is 2.27. The van der Waals surface area contributed by atoms with E-state index >= 15 is 0 Å². The number of carbonyl (C=O) groups is 2. The van der Waals surface area contributed by atoms with Crippen LogP contribution in [0, 0.1) is 48.1 Å². The van der Waals surface area contributed by atoms with Crippen molar-refractivity contribution in [1.82, 2.24) is 44.0 Å². The van der Waals surface area contributed by atoms with Gasteiger partial charge < -0.3 is 30.0 Å². The number of aromatic nitrogens is 4. The zero-order chi connectivity index (χ0) is 48.3. The van der Waals surface area contributed by atoms with Crippen LogP contribution in [0.2, 0.25) is 0 Å². The highest BCUT2D eigenvalue weighted by molar-refractivity contribution is 6.17. The van der Waals surface area contributed by atoms with Gasteiger partial charge in [-0.15, -0.1) is 24.0 Å². The summed E-state index contributed by atoms with van der Waals surface area (Å²) in [5.41, 5.74) is 3.66. The lowest BCUT2D eigenvalue weighted by molar-refractivity contribution is 0.137. The van der Waals surface area contributed by atoms with Gasteiger partial charge in [0.2, 0.25) is 0 Å². The van der Waals surface area contributed by atoms with Gasteiger partial charge in [-0.3, -0.25) is 9.13 Å². The van der Waals surface area contributed by atoms with Crippen LogP contribution in [0.15, 0.2) is 61.4 Å². The third-order valence-electron chi connectivity index (χ3n) is 11.2. The normalized spacial score (nSPS) is 13.6. The average molecular weight is 959 g/mol. The molecule has 2 aromatic heterocycles. The first kappa shape index (κ1) is 59.1. The highest BCUT2D eigenvalue weighted by atomic mass is 35.5. The molecule has 364 valence electrons. The summed E-state index contributed by atoms with van der Waals surface area (Å²) in [7, 11) is 3.63. The number of likely N-dealkylation sites (tertiary alicyclic amines) is 1. The quantitative estimate of drug-likeness (QED) is 0.147. The van der Waals surface area contributed by atoms with Crippen LogP contribution in [0.4, 0.5) is 18.4 Å².